The maximum atomic E-state index is 13.4. The third-order valence-corrected chi connectivity index (χ3v) is 4.30. The first-order valence-corrected chi connectivity index (χ1v) is 7.73. The normalized spacial score (nSPS) is 13.2. The zero-order valence-electron chi connectivity index (χ0n) is 12.6. The van der Waals surface area contributed by atoms with Crippen LogP contribution < -0.4 is 0 Å². The quantitative estimate of drug-likeness (QED) is 0.561. The summed E-state index contributed by atoms with van der Waals surface area (Å²) in [6.45, 7) is 1.72. The Labute approximate surface area is 147 Å². The molecule has 0 spiro atoms. The van der Waals surface area contributed by atoms with Crippen LogP contribution in [0.15, 0.2) is 42.5 Å². The average molecular weight is 373 g/mol. The highest BCUT2D eigenvalue weighted by Crippen LogP contribution is 2.38. The molecule has 1 unspecified atom stereocenters. The van der Waals surface area contributed by atoms with Crippen LogP contribution in [0.3, 0.4) is 0 Å². The third-order valence-electron chi connectivity index (χ3n) is 3.56. The lowest BCUT2D eigenvalue weighted by atomic mass is 9.96. The second kappa shape index (κ2) is 7.41. The van der Waals surface area contributed by atoms with E-state index in [1.807, 2.05) is 0 Å². The largest absolute Gasteiger partial charge is 0.399 e. The van der Waals surface area contributed by atoms with Crippen molar-refractivity contribution < 1.29 is 18.0 Å². The molecule has 0 radical (unpaired) electrons. The van der Waals surface area contributed by atoms with E-state index in [0.717, 1.165) is 6.08 Å². The number of rotatable bonds is 4. The van der Waals surface area contributed by atoms with E-state index in [-0.39, 0.29) is 15.6 Å². The smallest absolute Gasteiger partial charge is 0.298 e. The minimum Gasteiger partial charge on any atom is -0.298 e. The summed E-state index contributed by atoms with van der Waals surface area (Å²) in [5, 5.41) is 0.272. The minimum atomic E-state index is -4.47. The molecule has 0 aliphatic carbocycles. The van der Waals surface area contributed by atoms with Gasteiger partial charge in [0.15, 0.2) is 0 Å². The van der Waals surface area contributed by atoms with Crippen LogP contribution in [0.5, 0.6) is 0 Å². The van der Waals surface area contributed by atoms with Crippen molar-refractivity contribution in [2.75, 3.05) is 0 Å². The van der Waals surface area contributed by atoms with Gasteiger partial charge in [0.05, 0.1) is 16.0 Å². The number of benzene rings is 2. The number of halogens is 5. The van der Waals surface area contributed by atoms with Crippen LogP contribution in [-0.2, 0) is 0 Å². The number of carbonyl (C=O) groups is 1. The topological polar surface area (TPSA) is 17.1 Å². The van der Waals surface area contributed by atoms with E-state index in [9.17, 15) is 18.0 Å². The third kappa shape index (κ3) is 4.40. The Morgan fingerprint density at radius 2 is 1.75 bits per heavy atom. The van der Waals surface area contributed by atoms with E-state index in [0.29, 0.717) is 23.0 Å². The van der Waals surface area contributed by atoms with Gasteiger partial charge in [-0.1, -0.05) is 59.6 Å². The van der Waals surface area contributed by atoms with Gasteiger partial charge in [-0.2, -0.15) is 13.2 Å². The molecule has 0 heterocycles. The molecule has 6 heteroatoms. The maximum absolute atomic E-state index is 13.4. The van der Waals surface area contributed by atoms with Crippen molar-refractivity contribution in [2.24, 2.45) is 0 Å². The molecule has 126 valence electrons. The van der Waals surface area contributed by atoms with E-state index < -0.39 is 12.1 Å². The van der Waals surface area contributed by atoms with Crippen LogP contribution in [0, 0.1) is 6.92 Å². The molecule has 1 nitrogen and oxygen atoms in total. The molecule has 2 rings (SSSR count). The van der Waals surface area contributed by atoms with E-state index in [4.69, 9.17) is 23.2 Å². The van der Waals surface area contributed by atoms with Gasteiger partial charge >= 0.3 is 6.18 Å². The van der Waals surface area contributed by atoms with Gasteiger partial charge < -0.3 is 0 Å². The Bertz CT molecular complexity index is 782. The van der Waals surface area contributed by atoms with Crippen molar-refractivity contribution in [3.8, 4) is 0 Å². The van der Waals surface area contributed by atoms with Crippen molar-refractivity contribution in [2.45, 2.75) is 19.0 Å². The minimum absolute atomic E-state index is 0.00869. The zero-order valence-corrected chi connectivity index (χ0v) is 14.1. The van der Waals surface area contributed by atoms with Crippen LogP contribution >= 0.6 is 23.2 Å². The van der Waals surface area contributed by atoms with Gasteiger partial charge in [0.25, 0.3) is 0 Å². The summed E-state index contributed by atoms with van der Waals surface area (Å²) in [5.41, 5.74) is 1.79. The zero-order chi connectivity index (χ0) is 17.9. The molecule has 0 bridgehead atoms. The SMILES string of the molecule is Cc1cc(/C=C/C(c2ccc(Cl)c(Cl)c2)C(F)(F)F)ccc1C=O. The summed E-state index contributed by atoms with van der Waals surface area (Å²) in [6.07, 6.45) is -1.32. The summed E-state index contributed by atoms with van der Waals surface area (Å²) in [7, 11) is 0. The first kappa shape index (κ1) is 18.6. The number of allylic oxidation sites excluding steroid dienone is 1. The molecule has 2 aromatic carbocycles. The van der Waals surface area contributed by atoms with E-state index in [1.54, 1.807) is 25.1 Å². The molecule has 0 saturated carbocycles. The molecule has 24 heavy (non-hydrogen) atoms. The predicted octanol–water partition coefficient (Wildman–Crippen LogP) is 6.47. The van der Waals surface area contributed by atoms with Gasteiger partial charge in [-0.15, -0.1) is 0 Å². The summed E-state index contributed by atoms with van der Waals surface area (Å²) < 4.78 is 40.1. The fourth-order valence-electron chi connectivity index (χ4n) is 2.26. The van der Waals surface area contributed by atoms with Gasteiger partial charge in [-0.05, 0) is 35.7 Å². The molecule has 0 fully saturated rings. The molecular formula is C18H13Cl2F3O. The average Bonchev–Trinajstić information content (AvgIpc) is 2.50. The first-order chi connectivity index (χ1) is 11.2. The summed E-state index contributed by atoms with van der Waals surface area (Å²) in [5.74, 6) is -1.81. The first-order valence-electron chi connectivity index (χ1n) is 6.98. The summed E-state index contributed by atoms with van der Waals surface area (Å²) in [6, 6.07) is 8.68. The van der Waals surface area contributed by atoms with Crippen LogP contribution in [0.2, 0.25) is 10.0 Å². The Balaban J connectivity index is 2.37. The van der Waals surface area contributed by atoms with Gasteiger partial charge in [0, 0.05) is 5.56 Å². The molecule has 0 amide bonds. The van der Waals surface area contributed by atoms with Crippen molar-refractivity contribution >= 4 is 35.6 Å². The number of aryl methyl sites for hydroxylation is 1. The lowest BCUT2D eigenvalue weighted by Crippen LogP contribution is -2.18. The Morgan fingerprint density at radius 1 is 1.04 bits per heavy atom. The second-order valence-corrected chi connectivity index (χ2v) is 6.10. The molecule has 2 aromatic rings. The molecule has 0 saturated heterocycles. The molecule has 0 aliphatic rings. The number of hydrogen-bond donors (Lipinski definition) is 0. The van der Waals surface area contributed by atoms with E-state index in [2.05, 4.69) is 0 Å². The van der Waals surface area contributed by atoms with Crippen LogP contribution in [0.25, 0.3) is 6.08 Å². The number of alkyl halides is 3. The van der Waals surface area contributed by atoms with Gasteiger partial charge in [0.1, 0.15) is 6.29 Å². The highest BCUT2D eigenvalue weighted by molar-refractivity contribution is 6.42. The number of aldehydes is 1. The van der Waals surface area contributed by atoms with Crippen molar-refractivity contribution in [1.29, 1.82) is 0 Å². The Morgan fingerprint density at radius 3 is 2.29 bits per heavy atom. The number of carbonyl (C=O) groups excluding carboxylic acids is 1. The highest BCUT2D eigenvalue weighted by Gasteiger charge is 2.39. The van der Waals surface area contributed by atoms with E-state index in [1.165, 1.54) is 24.3 Å². The molecule has 0 aromatic heterocycles. The molecule has 0 aliphatic heterocycles. The fraction of sp³-hybridized carbons (Fsp3) is 0.167. The Hall–Kier alpha value is -1.78. The summed E-state index contributed by atoms with van der Waals surface area (Å²) >= 11 is 11.6. The second-order valence-electron chi connectivity index (χ2n) is 5.29. The van der Waals surface area contributed by atoms with Gasteiger partial charge in [0.2, 0.25) is 0 Å². The van der Waals surface area contributed by atoms with Gasteiger partial charge in [-0.3, -0.25) is 4.79 Å². The van der Waals surface area contributed by atoms with Crippen LogP contribution in [0.1, 0.15) is 33.0 Å². The highest BCUT2D eigenvalue weighted by atomic mass is 35.5. The fourth-order valence-corrected chi connectivity index (χ4v) is 2.56. The standard InChI is InChI=1S/C18H13Cl2F3O/c1-11-8-12(2-4-14(11)10-24)3-6-15(18(21,22)23)13-5-7-16(19)17(20)9-13/h2-10,15H,1H3/b6-3+. The van der Waals surface area contributed by atoms with Crippen molar-refractivity contribution in [1.82, 2.24) is 0 Å². The van der Waals surface area contributed by atoms with E-state index >= 15 is 0 Å². The molecular weight excluding hydrogens is 360 g/mol. The predicted molar refractivity (Wildman–Crippen MR) is 90.9 cm³/mol. The summed E-state index contributed by atoms with van der Waals surface area (Å²) in [4.78, 5) is 10.8. The molecule has 1 atom stereocenters. The van der Waals surface area contributed by atoms with Gasteiger partial charge in [-0.25, -0.2) is 0 Å². The Kier molecular flexibility index (Phi) is 5.73. The van der Waals surface area contributed by atoms with Crippen molar-refractivity contribution in [3.05, 3.63) is 74.8 Å². The number of hydrogen-bond acceptors (Lipinski definition) is 1. The lowest BCUT2D eigenvalue weighted by Gasteiger charge is -2.18. The maximum Gasteiger partial charge on any atom is 0.399 e. The monoisotopic (exact) mass is 372 g/mol. The van der Waals surface area contributed by atoms with Crippen LogP contribution in [-0.4, -0.2) is 12.5 Å². The lowest BCUT2D eigenvalue weighted by molar-refractivity contribution is -0.139. The van der Waals surface area contributed by atoms with Crippen molar-refractivity contribution in [3.63, 3.8) is 0 Å². The molecule has 0 N–H and O–H groups in total. The van der Waals surface area contributed by atoms with Crippen LogP contribution in [0.4, 0.5) is 13.2 Å².